The Morgan fingerprint density at radius 3 is 2.82 bits per heavy atom. The van der Waals surface area contributed by atoms with Gasteiger partial charge in [-0.2, -0.15) is 0 Å². The molecule has 1 aromatic heterocycles. The van der Waals surface area contributed by atoms with Crippen molar-refractivity contribution in [2.24, 2.45) is 0 Å². The van der Waals surface area contributed by atoms with Gasteiger partial charge in [-0.3, -0.25) is 4.79 Å². The fourth-order valence-corrected chi connectivity index (χ4v) is 4.42. The van der Waals surface area contributed by atoms with Crippen molar-refractivity contribution in [3.05, 3.63) is 35.7 Å². The molecule has 1 saturated carbocycles. The number of hydrogen-bond acceptors (Lipinski definition) is 5. The van der Waals surface area contributed by atoms with Gasteiger partial charge in [0.15, 0.2) is 17.1 Å². The Labute approximate surface area is 171 Å². The van der Waals surface area contributed by atoms with Gasteiger partial charge in [0, 0.05) is 12.6 Å². The Hall–Kier alpha value is -2.02. The van der Waals surface area contributed by atoms with Crippen LogP contribution < -0.4 is 10.1 Å². The van der Waals surface area contributed by atoms with Gasteiger partial charge in [-0.15, -0.1) is 10.2 Å². The van der Waals surface area contributed by atoms with Crippen molar-refractivity contribution < 1.29 is 9.53 Å². The highest BCUT2D eigenvalue weighted by molar-refractivity contribution is 7.99. The number of hydrogen-bond donors (Lipinski definition) is 1. The van der Waals surface area contributed by atoms with E-state index in [0.29, 0.717) is 11.8 Å². The molecule has 1 aromatic carbocycles. The van der Waals surface area contributed by atoms with E-state index in [1.54, 1.807) is 0 Å². The summed E-state index contributed by atoms with van der Waals surface area (Å²) in [6.45, 7) is 6.80. The predicted octanol–water partition coefficient (Wildman–Crippen LogP) is 4.29. The van der Waals surface area contributed by atoms with Crippen LogP contribution in [0.25, 0.3) is 0 Å². The van der Waals surface area contributed by atoms with E-state index in [1.165, 1.54) is 31.0 Å². The molecule has 1 aliphatic carbocycles. The lowest BCUT2D eigenvalue weighted by atomic mass is 9.95. The van der Waals surface area contributed by atoms with Crippen LogP contribution in [-0.2, 0) is 11.3 Å². The second-order valence-electron chi connectivity index (χ2n) is 7.35. The molecule has 0 bridgehead atoms. The van der Waals surface area contributed by atoms with Crippen LogP contribution in [0.4, 0.5) is 0 Å². The molecule has 2 aromatic rings. The third-order valence-corrected chi connectivity index (χ3v) is 6.00. The highest BCUT2D eigenvalue weighted by Gasteiger charge is 2.20. The maximum Gasteiger partial charge on any atom is 0.230 e. The fraction of sp³-hybridized carbons (Fsp3) is 0.571. The molecule has 28 heavy (non-hydrogen) atoms. The number of nitrogens with zero attached hydrogens (tertiary/aromatic N) is 3. The summed E-state index contributed by atoms with van der Waals surface area (Å²) in [5.41, 5.74) is 1.15. The number of aryl methyl sites for hydroxylation is 1. The minimum Gasteiger partial charge on any atom is -0.483 e. The molecule has 3 rings (SSSR count). The number of carbonyl (C=O) groups excluding carboxylic acids is 1. The summed E-state index contributed by atoms with van der Waals surface area (Å²) in [6, 6.07) is 8.31. The zero-order valence-electron chi connectivity index (χ0n) is 17.0. The first kappa shape index (κ1) is 20.7. The Kier molecular flexibility index (Phi) is 7.36. The maximum absolute atomic E-state index is 12.3. The monoisotopic (exact) mass is 402 g/mol. The van der Waals surface area contributed by atoms with Crippen molar-refractivity contribution in [1.29, 1.82) is 0 Å². The minimum atomic E-state index is -0.223. The summed E-state index contributed by atoms with van der Waals surface area (Å²) in [5.74, 6) is 2.04. The van der Waals surface area contributed by atoms with Crippen molar-refractivity contribution in [3.63, 3.8) is 0 Å². The molecule has 1 unspecified atom stereocenters. The van der Waals surface area contributed by atoms with Crippen LogP contribution in [0.5, 0.6) is 5.75 Å². The SMILES string of the molecule is CCn1c(SCC(=O)NC2CCCCC2)nnc1C(C)Oc1cccc(C)c1. The molecule has 6 nitrogen and oxygen atoms in total. The Balaban J connectivity index is 1.58. The summed E-state index contributed by atoms with van der Waals surface area (Å²) in [7, 11) is 0. The lowest BCUT2D eigenvalue weighted by molar-refractivity contribution is -0.119. The second kappa shape index (κ2) is 9.96. The smallest absolute Gasteiger partial charge is 0.230 e. The largest absolute Gasteiger partial charge is 0.483 e. The van der Waals surface area contributed by atoms with Crippen molar-refractivity contribution in [2.45, 2.75) is 76.7 Å². The van der Waals surface area contributed by atoms with Crippen LogP contribution >= 0.6 is 11.8 Å². The quantitative estimate of drug-likeness (QED) is 0.667. The van der Waals surface area contributed by atoms with E-state index in [4.69, 9.17) is 4.74 Å². The standard InChI is InChI=1S/C21H30N4O2S/c1-4-25-20(16(3)27-18-12-8-9-15(2)13-18)23-24-21(25)28-14-19(26)22-17-10-6-5-7-11-17/h8-9,12-13,16-17H,4-7,10-11,14H2,1-3H3,(H,22,26). The van der Waals surface area contributed by atoms with Crippen LogP contribution in [0.2, 0.25) is 0 Å². The van der Waals surface area contributed by atoms with Crippen LogP contribution in [0, 0.1) is 6.92 Å². The van der Waals surface area contributed by atoms with E-state index in [0.717, 1.165) is 41.7 Å². The van der Waals surface area contributed by atoms with E-state index in [2.05, 4.69) is 22.4 Å². The molecule has 152 valence electrons. The number of thioether (sulfide) groups is 1. The molecule has 7 heteroatoms. The van der Waals surface area contributed by atoms with E-state index >= 15 is 0 Å². The number of aromatic nitrogens is 3. The topological polar surface area (TPSA) is 69.0 Å². The van der Waals surface area contributed by atoms with E-state index in [-0.39, 0.29) is 12.0 Å². The summed E-state index contributed by atoms with van der Waals surface area (Å²) < 4.78 is 8.08. The van der Waals surface area contributed by atoms with Crippen molar-refractivity contribution in [1.82, 2.24) is 20.1 Å². The molecular weight excluding hydrogens is 372 g/mol. The van der Waals surface area contributed by atoms with Gasteiger partial charge in [-0.1, -0.05) is 43.2 Å². The molecule has 1 N–H and O–H groups in total. The van der Waals surface area contributed by atoms with Gasteiger partial charge >= 0.3 is 0 Å². The molecule has 1 aliphatic rings. The lowest BCUT2D eigenvalue weighted by Gasteiger charge is -2.22. The summed E-state index contributed by atoms with van der Waals surface area (Å²) >= 11 is 1.44. The van der Waals surface area contributed by atoms with Gasteiger partial charge in [-0.25, -0.2) is 0 Å². The van der Waals surface area contributed by atoms with Crippen LogP contribution in [-0.4, -0.2) is 32.5 Å². The van der Waals surface area contributed by atoms with E-state index < -0.39 is 0 Å². The van der Waals surface area contributed by atoms with Crippen molar-refractivity contribution >= 4 is 17.7 Å². The second-order valence-corrected chi connectivity index (χ2v) is 8.30. The number of amides is 1. The molecule has 1 heterocycles. The normalized spacial score (nSPS) is 16.0. The minimum absolute atomic E-state index is 0.0770. The Morgan fingerprint density at radius 2 is 2.11 bits per heavy atom. The number of rotatable bonds is 8. The summed E-state index contributed by atoms with van der Waals surface area (Å²) in [4.78, 5) is 12.3. The van der Waals surface area contributed by atoms with Crippen LogP contribution in [0.3, 0.4) is 0 Å². The van der Waals surface area contributed by atoms with Crippen LogP contribution in [0.1, 0.15) is 63.4 Å². The third-order valence-electron chi connectivity index (χ3n) is 5.03. The highest BCUT2D eigenvalue weighted by Crippen LogP contribution is 2.25. The van der Waals surface area contributed by atoms with Gasteiger partial charge in [0.1, 0.15) is 5.75 Å². The average molecular weight is 403 g/mol. The molecule has 0 saturated heterocycles. The molecule has 1 fully saturated rings. The first-order valence-corrected chi connectivity index (χ1v) is 11.1. The van der Waals surface area contributed by atoms with Gasteiger partial charge in [0.25, 0.3) is 0 Å². The Morgan fingerprint density at radius 1 is 1.32 bits per heavy atom. The van der Waals surface area contributed by atoms with Crippen molar-refractivity contribution in [3.8, 4) is 5.75 Å². The Bertz CT molecular complexity index is 786. The number of ether oxygens (including phenoxy) is 1. The molecular formula is C21H30N4O2S. The van der Waals surface area contributed by atoms with Gasteiger partial charge in [0.2, 0.25) is 5.91 Å². The summed E-state index contributed by atoms with van der Waals surface area (Å²) in [5, 5.41) is 12.5. The molecule has 0 spiro atoms. The van der Waals surface area contributed by atoms with Gasteiger partial charge in [-0.05, 0) is 51.3 Å². The van der Waals surface area contributed by atoms with Crippen LogP contribution in [0.15, 0.2) is 29.4 Å². The fourth-order valence-electron chi connectivity index (χ4n) is 3.60. The first-order chi connectivity index (χ1) is 13.6. The number of carbonyl (C=O) groups is 1. The van der Waals surface area contributed by atoms with E-state index in [9.17, 15) is 4.79 Å². The lowest BCUT2D eigenvalue weighted by Crippen LogP contribution is -2.37. The number of nitrogens with one attached hydrogen (secondary N) is 1. The first-order valence-electron chi connectivity index (χ1n) is 10.2. The average Bonchev–Trinajstić information content (AvgIpc) is 3.10. The summed E-state index contributed by atoms with van der Waals surface area (Å²) in [6.07, 6.45) is 5.68. The zero-order valence-corrected chi connectivity index (χ0v) is 17.8. The van der Waals surface area contributed by atoms with E-state index in [1.807, 2.05) is 42.7 Å². The van der Waals surface area contributed by atoms with Crippen molar-refractivity contribution in [2.75, 3.05) is 5.75 Å². The highest BCUT2D eigenvalue weighted by atomic mass is 32.2. The maximum atomic E-state index is 12.3. The number of benzene rings is 1. The third kappa shape index (κ3) is 5.50. The zero-order chi connectivity index (χ0) is 19.9. The molecule has 0 aliphatic heterocycles. The molecule has 1 atom stereocenters. The van der Waals surface area contributed by atoms with Gasteiger partial charge in [0.05, 0.1) is 5.75 Å². The predicted molar refractivity (Wildman–Crippen MR) is 112 cm³/mol. The molecule has 0 radical (unpaired) electrons. The van der Waals surface area contributed by atoms with Gasteiger partial charge < -0.3 is 14.6 Å². The molecule has 1 amide bonds.